The van der Waals surface area contributed by atoms with Crippen LogP contribution in [0.1, 0.15) is 16.7 Å². The average molecular weight is 700 g/mol. The second-order valence-electron chi connectivity index (χ2n) is 7.07. The summed E-state index contributed by atoms with van der Waals surface area (Å²) in [7, 11) is 0. The van der Waals surface area contributed by atoms with Crippen LogP contribution in [0.5, 0.6) is 5.75 Å². The van der Waals surface area contributed by atoms with Crippen molar-refractivity contribution in [2.45, 2.75) is 13.5 Å². The zero-order valence-electron chi connectivity index (χ0n) is 17.6. The van der Waals surface area contributed by atoms with Gasteiger partial charge in [-0.25, -0.2) is 0 Å². The van der Waals surface area contributed by atoms with Crippen LogP contribution in [0.2, 0.25) is 5.02 Å². The van der Waals surface area contributed by atoms with Crippen LogP contribution in [0.25, 0.3) is 6.08 Å². The van der Waals surface area contributed by atoms with Gasteiger partial charge in [-0.15, -0.1) is 0 Å². The molecule has 10 heteroatoms. The van der Waals surface area contributed by atoms with Crippen molar-refractivity contribution in [3.8, 4) is 11.8 Å². The Hall–Kier alpha value is -2.69. The topological polar surface area (TPSA) is 105 Å². The van der Waals surface area contributed by atoms with Gasteiger partial charge in [0.05, 0.1) is 12.1 Å². The molecule has 0 aliphatic heterocycles. The van der Waals surface area contributed by atoms with Crippen molar-refractivity contribution in [1.29, 1.82) is 5.26 Å². The van der Waals surface area contributed by atoms with Gasteiger partial charge in [-0.1, -0.05) is 29.8 Å². The summed E-state index contributed by atoms with van der Waals surface area (Å²) >= 11 is 10.3. The molecule has 0 heterocycles. The van der Waals surface area contributed by atoms with Gasteiger partial charge in [-0.3, -0.25) is 14.9 Å². The largest absolute Gasteiger partial charge is 0.487 e. The van der Waals surface area contributed by atoms with Crippen LogP contribution in [0.3, 0.4) is 0 Å². The first-order valence-electron chi connectivity index (χ1n) is 9.73. The molecule has 7 nitrogen and oxygen atoms in total. The third kappa shape index (κ3) is 6.46. The minimum atomic E-state index is -0.538. The number of non-ortho nitro benzene ring substituents is 1. The number of nitrogens with zero attached hydrogens (tertiary/aromatic N) is 2. The molecule has 172 valence electrons. The number of carbonyl (C=O) groups excluding carboxylic acids is 1. The van der Waals surface area contributed by atoms with Gasteiger partial charge in [0.15, 0.2) is 0 Å². The molecule has 0 saturated heterocycles. The lowest BCUT2D eigenvalue weighted by molar-refractivity contribution is -0.384. The van der Waals surface area contributed by atoms with Gasteiger partial charge in [-0.2, -0.15) is 5.26 Å². The number of halogens is 3. The predicted molar refractivity (Wildman–Crippen MR) is 148 cm³/mol. The maximum atomic E-state index is 12.7. The molecule has 1 N–H and O–H groups in total. The van der Waals surface area contributed by atoms with Gasteiger partial charge in [0.2, 0.25) is 0 Å². The lowest BCUT2D eigenvalue weighted by Crippen LogP contribution is -2.14. The van der Waals surface area contributed by atoms with Gasteiger partial charge in [0.25, 0.3) is 11.6 Å². The number of nitro groups is 1. The van der Waals surface area contributed by atoms with E-state index in [9.17, 15) is 20.2 Å². The van der Waals surface area contributed by atoms with Crippen molar-refractivity contribution in [1.82, 2.24) is 0 Å². The van der Waals surface area contributed by atoms with E-state index in [0.717, 1.165) is 7.14 Å². The Bertz CT molecular complexity index is 1330. The molecule has 0 fully saturated rings. The summed E-state index contributed by atoms with van der Waals surface area (Å²) in [6.45, 7) is 1.94. The van der Waals surface area contributed by atoms with E-state index < -0.39 is 10.8 Å². The van der Waals surface area contributed by atoms with Gasteiger partial charge in [-0.05, 0) is 99.1 Å². The fourth-order valence-electron chi connectivity index (χ4n) is 2.96. The lowest BCUT2D eigenvalue weighted by Gasteiger charge is -2.12. The number of nitrogens with one attached hydrogen (secondary N) is 1. The first kappa shape index (κ1) is 25.9. The van der Waals surface area contributed by atoms with Gasteiger partial charge < -0.3 is 10.1 Å². The predicted octanol–water partition coefficient (Wildman–Crippen LogP) is 6.89. The molecule has 3 rings (SSSR count). The monoisotopic (exact) mass is 699 g/mol. The highest BCUT2D eigenvalue weighted by Crippen LogP contribution is 2.31. The van der Waals surface area contributed by atoms with Crippen LogP contribution in [-0.2, 0) is 11.4 Å². The normalized spacial score (nSPS) is 11.0. The zero-order chi connectivity index (χ0) is 24.8. The van der Waals surface area contributed by atoms with Crippen LogP contribution in [-0.4, -0.2) is 10.8 Å². The van der Waals surface area contributed by atoms with E-state index in [1.807, 2.05) is 6.07 Å². The van der Waals surface area contributed by atoms with Crippen molar-refractivity contribution in [2.24, 2.45) is 0 Å². The van der Waals surface area contributed by atoms with E-state index in [1.54, 1.807) is 49.4 Å². The number of anilines is 1. The highest BCUT2D eigenvalue weighted by Gasteiger charge is 2.14. The fraction of sp³-hybridized carbons (Fsp3) is 0.0833. The molecule has 0 atom stereocenters. The number of nitro benzene ring substituents is 1. The number of ether oxygens (including phenoxy) is 1. The SMILES string of the molecule is Cc1c(Cl)cccc1NC(=O)/C(C#N)=C\c1cc(I)c(OCc2cccc([N+](=O)[O-])c2)c(I)c1. The standard InChI is InChI=1S/C24H16ClI2N3O4/c1-14-19(25)6-3-7-22(14)29-24(31)17(12-28)8-16-10-20(26)23(21(27)11-16)34-13-15-4-2-5-18(9-15)30(32)33/h2-11H,13H2,1H3,(H,29,31)/b17-8-. The summed E-state index contributed by atoms with van der Waals surface area (Å²) in [5.74, 6) is 0.0752. The van der Waals surface area contributed by atoms with Crippen LogP contribution in [0, 0.1) is 35.5 Å². The molecule has 0 unspecified atom stereocenters. The number of hydrogen-bond donors (Lipinski definition) is 1. The third-order valence-corrected chi connectivity index (χ3v) is 6.73. The summed E-state index contributed by atoms with van der Waals surface area (Å²) in [5, 5.41) is 23.8. The van der Waals surface area contributed by atoms with Gasteiger partial charge in [0, 0.05) is 22.8 Å². The minimum Gasteiger partial charge on any atom is -0.487 e. The average Bonchev–Trinajstić information content (AvgIpc) is 2.80. The van der Waals surface area contributed by atoms with Crippen molar-refractivity contribution >= 4 is 80.1 Å². The van der Waals surface area contributed by atoms with E-state index in [4.69, 9.17) is 16.3 Å². The Morgan fingerprint density at radius 2 is 1.88 bits per heavy atom. The molecule has 3 aromatic rings. The molecule has 1 amide bonds. The zero-order valence-corrected chi connectivity index (χ0v) is 22.7. The molecule has 0 spiro atoms. The number of rotatable bonds is 7. The van der Waals surface area contributed by atoms with Crippen LogP contribution >= 0.6 is 56.8 Å². The van der Waals surface area contributed by atoms with E-state index in [0.29, 0.717) is 33.1 Å². The fourth-order valence-corrected chi connectivity index (χ4v) is 5.27. The molecular weight excluding hydrogens is 684 g/mol. The van der Waals surface area contributed by atoms with E-state index >= 15 is 0 Å². The highest BCUT2D eigenvalue weighted by molar-refractivity contribution is 14.1. The number of nitriles is 1. The summed E-state index contributed by atoms with van der Waals surface area (Å²) in [6.07, 6.45) is 1.50. The maximum absolute atomic E-state index is 12.7. The molecule has 0 radical (unpaired) electrons. The van der Waals surface area contributed by atoms with E-state index in [-0.39, 0.29) is 17.9 Å². The number of carbonyl (C=O) groups is 1. The van der Waals surface area contributed by atoms with Crippen molar-refractivity contribution in [3.63, 3.8) is 0 Å². The van der Waals surface area contributed by atoms with Crippen molar-refractivity contribution < 1.29 is 14.5 Å². The lowest BCUT2D eigenvalue weighted by atomic mass is 10.1. The first-order valence-corrected chi connectivity index (χ1v) is 12.3. The van der Waals surface area contributed by atoms with Crippen molar-refractivity contribution in [2.75, 3.05) is 5.32 Å². The van der Waals surface area contributed by atoms with Crippen molar-refractivity contribution in [3.05, 3.63) is 99.1 Å². The number of amides is 1. The molecule has 0 bridgehead atoms. The highest BCUT2D eigenvalue weighted by atomic mass is 127. The Morgan fingerprint density at radius 3 is 2.53 bits per heavy atom. The second-order valence-corrected chi connectivity index (χ2v) is 9.80. The molecule has 34 heavy (non-hydrogen) atoms. The molecule has 0 aliphatic carbocycles. The molecule has 0 aliphatic rings. The molecular formula is C24H16ClI2N3O4. The Labute approximate surface area is 228 Å². The quantitative estimate of drug-likeness (QED) is 0.0951. The molecule has 0 saturated carbocycles. The van der Waals surface area contributed by atoms with E-state index in [1.165, 1.54) is 18.2 Å². The summed E-state index contributed by atoms with van der Waals surface area (Å²) in [6, 6.07) is 16.9. The summed E-state index contributed by atoms with van der Waals surface area (Å²) < 4.78 is 7.45. The number of benzene rings is 3. The Morgan fingerprint density at radius 1 is 1.21 bits per heavy atom. The number of hydrogen-bond acceptors (Lipinski definition) is 5. The van der Waals surface area contributed by atoms with Crippen LogP contribution in [0.4, 0.5) is 11.4 Å². The minimum absolute atomic E-state index is 0.00116. The van der Waals surface area contributed by atoms with E-state index in [2.05, 4.69) is 50.5 Å². The maximum Gasteiger partial charge on any atom is 0.269 e. The van der Waals surface area contributed by atoms with Gasteiger partial charge in [0.1, 0.15) is 24.0 Å². The summed E-state index contributed by atoms with van der Waals surface area (Å²) in [4.78, 5) is 23.2. The third-order valence-electron chi connectivity index (χ3n) is 4.72. The Kier molecular flexibility index (Phi) is 8.87. The molecule has 3 aromatic carbocycles. The Balaban J connectivity index is 1.79. The smallest absolute Gasteiger partial charge is 0.269 e. The summed E-state index contributed by atoms with van der Waals surface area (Å²) in [5.41, 5.74) is 2.52. The molecule has 0 aromatic heterocycles. The second kappa shape index (κ2) is 11.6. The van der Waals surface area contributed by atoms with Crippen LogP contribution in [0.15, 0.2) is 60.2 Å². The van der Waals surface area contributed by atoms with Gasteiger partial charge >= 0.3 is 0 Å². The van der Waals surface area contributed by atoms with Crippen LogP contribution < -0.4 is 10.1 Å². The first-order chi connectivity index (χ1) is 16.2.